The highest BCUT2D eigenvalue weighted by Crippen LogP contribution is 2.37. The zero-order chi connectivity index (χ0) is 17.1. The van der Waals surface area contributed by atoms with Gasteiger partial charge in [-0.25, -0.2) is 4.79 Å². The molecule has 0 bridgehead atoms. The second-order valence-corrected chi connectivity index (χ2v) is 6.25. The Morgan fingerprint density at radius 1 is 1.43 bits per heavy atom. The molecule has 124 valence electrons. The van der Waals surface area contributed by atoms with Crippen molar-refractivity contribution in [2.24, 2.45) is 0 Å². The summed E-state index contributed by atoms with van der Waals surface area (Å²) in [6.45, 7) is -0.0477. The van der Waals surface area contributed by atoms with E-state index in [0.29, 0.717) is 10.2 Å². The molecule has 0 aliphatic carbocycles. The van der Waals surface area contributed by atoms with E-state index in [0.717, 1.165) is 0 Å². The van der Waals surface area contributed by atoms with E-state index < -0.39 is 11.9 Å². The minimum atomic E-state index is -0.624. The first-order valence-corrected chi connectivity index (χ1v) is 8.07. The van der Waals surface area contributed by atoms with Crippen molar-refractivity contribution in [3.8, 4) is 0 Å². The Labute approximate surface area is 151 Å². The van der Waals surface area contributed by atoms with E-state index in [2.05, 4.69) is 21.2 Å². The first kappa shape index (κ1) is 18.1. The van der Waals surface area contributed by atoms with Crippen LogP contribution in [0.3, 0.4) is 0 Å². The van der Waals surface area contributed by atoms with Crippen LogP contribution < -0.4 is 5.32 Å². The van der Waals surface area contributed by atoms with Crippen molar-refractivity contribution in [2.45, 2.75) is 0 Å². The van der Waals surface area contributed by atoms with Gasteiger partial charge in [0.05, 0.1) is 41.6 Å². The number of hydrogen-bond donors (Lipinski definition) is 2. The van der Waals surface area contributed by atoms with Crippen LogP contribution in [0, 0.1) is 0 Å². The van der Waals surface area contributed by atoms with Gasteiger partial charge in [0.1, 0.15) is 5.70 Å². The normalized spacial score (nSPS) is 14.5. The minimum Gasteiger partial charge on any atom is -0.466 e. The summed E-state index contributed by atoms with van der Waals surface area (Å²) in [6.07, 6.45) is 0. The second kappa shape index (κ2) is 7.53. The molecule has 0 radical (unpaired) electrons. The number of β-amino-alcohol motifs (C(OH)–C–C–N with tert-alkyl or cyclic N) is 1. The molecule has 1 aliphatic heterocycles. The lowest BCUT2D eigenvalue weighted by Gasteiger charge is -2.15. The van der Waals surface area contributed by atoms with Crippen molar-refractivity contribution in [2.75, 3.05) is 32.1 Å². The van der Waals surface area contributed by atoms with Gasteiger partial charge < -0.3 is 20.1 Å². The predicted molar refractivity (Wildman–Crippen MR) is 90.5 cm³/mol. The molecule has 2 rings (SSSR count). The number of esters is 1. The number of amides is 1. The van der Waals surface area contributed by atoms with Crippen LogP contribution in [0.15, 0.2) is 27.9 Å². The fraction of sp³-hybridized carbons (Fsp3) is 0.286. The highest BCUT2D eigenvalue weighted by Gasteiger charge is 2.34. The third kappa shape index (κ3) is 3.63. The highest BCUT2D eigenvalue weighted by atomic mass is 79.9. The number of aliphatic hydroxyl groups excluding tert-OH is 1. The fourth-order valence-corrected chi connectivity index (χ4v) is 2.93. The maximum Gasteiger partial charge on any atom is 0.337 e. The summed E-state index contributed by atoms with van der Waals surface area (Å²) >= 11 is 15.5. The summed E-state index contributed by atoms with van der Waals surface area (Å²) in [7, 11) is 1.23. The number of ether oxygens (including phenoxy) is 1. The monoisotopic (exact) mass is 422 g/mol. The molecule has 1 aromatic carbocycles. The van der Waals surface area contributed by atoms with Gasteiger partial charge >= 0.3 is 5.97 Å². The number of methoxy groups -OCH3 is 1. The predicted octanol–water partition coefficient (Wildman–Crippen LogP) is 2.43. The first-order valence-electron chi connectivity index (χ1n) is 6.52. The molecule has 0 saturated carbocycles. The maximum atomic E-state index is 12.4. The van der Waals surface area contributed by atoms with Crippen LogP contribution in [-0.2, 0) is 14.3 Å². The van der Waals surface area contributed by atoms with Gasteiger partial charge in [-0.05, 0) is 28.1 Å². The molecular weight excluding hydrogens is 411 g/mol. The molecule has 1 aromatic rings. The Morgan fingerprint density at radius 2 is 2.13 bits per heavy atom. The Balaban J connectivity index is 2.39. The van der Waals surface area contributed by atoms with Gasteiger partial charge in [0, 0.05) is 11.0 Å². The Bertz CT molecular complexity index is 694. The number of hydrogen-bond acceptors (Lipinski definition) is 5. The summed E-state index contributed by atoms with van der Waals surface area (Å²) in [4.78, 5) is 25.6. The van der Waals surface area contributed by atoms with E-state index in [4.69, 9.17) is 33.0 Å². The summed E-state index contributed by atoms with van der Waals surface area (Å²) in [6, 6.07) is 3.29. The summed E-state index contributed by atoms with van der Waals surface area (Å²) in [5.74, 6) is -1.05. The van der Waals surface area contributed by atoms with Gasteiger partial charge in [0.25, 0.3) is 5.91 Å². The van der Waals surface area contributed by atoms with Crippen LogP contribution in [0.1, 0.15) is 0 Å². The summed E-state index contributed by atoms with van der Waals surface area (Å²) in [5.41, 5.74) is 0.613. The van der Waals surface area contributed by atoms with E-state index in [1.807, 2.05) is 0 Å². The van der Waals surface area contributed by atoms with Gasteiger partial charge in [-0.15, -0.1) is 0 Å². The second-order valence-electron chi connectivity index (χ2n) is 4.64. The lowest BCUT2D eigenvalue weighted by atomic mass is 10.2. The molecule has 1 aliphatic rings. The van der Waals surface area contributed by atoms with Crippen LogP contribution in [0.4, 0.5) is 5.69 Å². The molecule has 0 atom stereocenters. The standard InChI is InChI=1S/C14H13BrCl2N2O4/c1-23-14(22)7-6-19(4-5-20)13(21)12(7)18-9-3-2-8(15)10(16)11(9)17/h2-3,18,20H,4-6H2,1H3. The first-order chi connectivity index (χ1) is 10.9. The van der Waals surface area contributed by atoms with Crippen LogP contribution in [-0.4, -0.2) is 48.7 Å². The maximum absolute atomic E-state index is 12.4. The molecule has 1 heterocycles. The van der Waals surface area contributed by atoms with Crippen molar-refractivity contribution in [1.29, 1.82) is 0 Å². The number of benzene rings is 1. The molecule has 0 fully saturated rings. The van der Waals surface area contributed by atoms with Crippen LogP contribution >= 0.6 is 39.1 Å². The number of nitrogens with zero attached hydrogens (tertiary/aromatic N) is 1. The number of carbonyl (C=O) groups excluding carboxylic acids is 2. The highest BCUT2D eigenvalue weighted by molar-refractivity contribution is 9.10. The fourth-order valence-electron chi connectivity index (χ4n) is 2.11. The van der Waals surface area contributed by atoms with Crippen molar-refractivity contribution in [3.05, 3.63) is 37.9 Å². The Hall–Kier alpha value is -1.28. The summed E-state index contributed by atoms with van der Waals surface area (Å²) < 4.78 is 5.31. The molecule has 9 heteroatoms. The van der Waals surface area contributed by atoms with Crippen LogP contribution in [0.2, 0.25) is 10.0 Å². The van der Waals surface area contributed by atoms with Crippen molar-refractivity contribution in [1.82, 2.24) is 4.90 Å². The van der Waals surface area contributed by atoms with Gasteiger partial charge in [-0.2, -0.15) is 0 Å². The van der Waals surface area contributed by atoms with Gasteiger partial charge in [-0.3, -0.25) is 4.79 Å². The lowest BCUT2D eigenvalue weighted by Crippen LogP contribution is -2.31. The van der Waals surface area contributed by atoms with E-state index in [9.17, 15) is 9.59 Å². The van der Waals surface area contributed by atoms with Crippen LogP contribution in [0.25, 0.3) is 0 Å². The number of rotatable bonds is 5. The third-order valence-corrected chi connectivity index (χ3v) is 5.02. The smallest absolute Gasteiger partial charge is 0.337 e. The number of aliphatic hydroxyl groups is 1. The number of carbonyl (C=O) groups is 2. The summed E-state index contributed by atoms with van der Waals surface area (Å²) in [5, 5.41) is 12.4. The third-order valence-electron chi connectivity index (χ3n) is 3.25. The minimum absolute atomic E-state index is 0.0519. The topological polar surface area (TPSA) is 78.9 Å². The number of anilines is 1. The van der Waals surface area contributed by atoms with Gasteiger partial charge in [0.15, 0.2) is 0 Å². The van der Waals surface area contributed by atoms with Gasteiger partial charge in [0.2, 0.25) is 0 Å². The Kier molecular flexibility index (Phi) is 5.91. The number of nitrogens with one attached hydrogen (secondary N) is 1. The Morgan fingerprint density at radius 3 is 2.74 bits per heavy atom. The zero-order valence-corrected chi connectivity index (χ0v) is 15.1. The molecule has 2 N–H and O–H groups in total. The molecule has 0 spiro atoms. The van der Waals surface area contributed by atoms with Crippen molar-refractivity contribution >= 4 is 56.7 Å². The molecule has 0 unspecified atom stereocenters. The average molecular weight is 424 g/mol. The van der Waals surface area contributed by atoms with Crippen molar-refractivity contribution in [3.63, 3.8) is 0 Å². The SMILES string of the molecule is COC(=O)C1=C(Nc2ccc(Br)c(Cl)c2Cl)C(=O)N(CCO)C1. The quantitative estimate of drug-likeness (QED) is 0.561. The molecular formula is C14H13BrCl2N2O4. The van der Waals surface area contributed by atoms with E-state index in [1.165, 1.54) is 12.0 Å². The average Bonchev–Trinajstić information content (AvgIpc) is 2.84. The molecule has 23 heavy (non-hydrogen) atoms. The zero-order valence-electron chi connectivity index (χ0n) is 12.0. The van der Waals surface area contributed by atoms with Crippen molar-refractivity contribution < 1.29 is 19.4 Å². The number of halogens is 3. The largest absolute Gasteiger partial charge is 0.466 e. The lowest BCUT2D eigenvalue weighted by molar-refractivity contribution is -0.136. The van der Waals surface area contributed by atoms with E-state index >= 15 is 0 Å². The van der Waals surface area contributed by atoms with E-state index in [1.54, 1.807) is 12.1 Å². The van der Waals surface area contributed by atoms with E-state index in [-0.39, 0.29) is 41.0 Å². The van der Waals surface area contributed by atoms with Crippen LogP contribution in [0.5, 0.6) is 0 Å². The molecule has 1 amide bonds. The molecule has 0 saturated heterocycles. The molecule has 0 aromatic heterocycles. The molecule has 6 nitrogen and oxygen atoms in total. The van der Waals surface area contributed by atoms with Gasteiger partial charge in [-0.1, -0.05) is 23.2 Å².